The van der Waals surface area contributed by atoms with Gasteiger partial charge in [0.05, 0.1) is 0 Å². The Morgan fingerprint density at radius 1 is 0.769 bits per heavy atom. The van der Waals surface area contributed by atoms with Gasteiger partial charge >= 0.3 is 159 Å². The van der Waals surface area contributed by atoms with Gasteiger partial charge in [0.15, 0.2) is 0 Å². The van der Waals surface area contributed by atoms with E-state index in [1.807, 2.05) is 36.4 Å². The number of phenols is 2. The van der Waals surface area contributed by atoms with Crippen molar-refractivity contribution in [3.63, 3.8) is 0 Å². The fourth-order valence-electron chi connectivity index (χ4n) is 2.89. The van der Waals surface area contributed by atoms with E-state index in [9.17, 15) is 10.2 Å². The second kappa shape index (κ2) is 5.95. The van der Waals surface area contributed by atoms with Gasteiger partial charge in [0.1, 0.15) is 0 Å². The van der Waals surface area contributed by atoms with Crippen molar-refractivity contribution in [1.29, 1.82) is 0 Å². The van der Waals surface area contributed by atoms with Crippen LogP contribution in [0.3, 0.4) is 0 Å². The molecule has 6 heteroatoms. The number of aromatic nitrogens is 2. The van der Waals surface area contributed by atoms with Crippen LogP contribution >= 0.6 is 11.3 Å². The summed E-state index contributed by atoms with van der Waals surface area (Å²) in [6, 6.07) is 18.7. The molecule has 26 heavy (non-hydrogen) atoms. The van der Waals surface area contributed by atoms with Gasteiger partial charge in [-0.15, -0.1) is 0 Å². The molecule has 5 aromatic rings. The maximum absolute atomic E-state index is 10.1. The number of rotatable bonds is 2. The number of nitrogens with zero attached hydrogens (tertiary/aromatic N) is 2. The minimum atomic E-state index is 0.0431. The standard InChI is InChI=1S/C20H12N2O2SSe/c23-15-7-3-1-5-11(15)19-21-13-9-14-18(10-17(13)25-19)26-20(22-14)12-6-2-4-8-16(12)24/h1-10,23-24H. The molecule has 5 rings (SSSR count). The van der Waals surface area contributed by atoms with Crippen LogP contribution in [0.25, 0.3) is 40.7 Å². The summed E-state index contributed by atoms with van der Waals surface area (Å²) in [6.45, 7) is 0. The molecule has 0 atom stereocenters. The van der Waals surface area contributed by atoms with Crippen LogP contribution in [-0.4, -0.2) is 34.7 Å². The molecular weight excluding hydrogens is 411 g/mol. The van der Waals surface area contributed by atoms with E-state index in [0.29, 0.717) is 0 Å². The van der Waals surface area contributed by atoms with Crippen molar-refractivity contribution in [2.75, 3.05) is 0 Å². The van der Waals surface area contributed by atoms with Crippen molar-refractivity contribution in [2.45, 2.75) is 0 Å². The predicted molar refractivity (Wildman–Crippen MR) is 106 cm³/mol. The summed E-state index contributed by atoms with van der Waals surface area (Å²) in [5.74, 6) is 0.505. The van der Waals surface area contributed by atoms with Gasteiger partial charge in [0.2, 0.25) is 0 Å². The number of phenolic OH excluding ortho intramolecular Hbond substituents is 2. The Labute approximate surface area is 158 Å². The van der Waals surface area contributed by atoms with E-state index in [2.05, 4.69) is 11.1 Å². The molecule has 0 radical (unpaired) electrons. The Morgan fingerprint density at radius 2 is 1.46 bits per heavy atom. The van der Waals surface area contributed by atoms with E-state index in [4.69, 9.17) is 4.98 Å². The summed E-state index contributed by atoms with van der Waals surface area (Å²) >= 11 is 1.61. The molecule has 0 aliphatic rings. The molecule has 3 aromatic carbocycles. The number of hydrogen-bond acceptors (Lipinski definition) is 5. The van der Waals surface area contributed by atoms with Crippen LogP contribution < -0.4 is 0 Å². The Bertz CT molecular complexity index is 1130. The SMILES string of the molecule is Oc1ccccc1-c1nc2cc3nc(-c4ccccc4O)[se]c3cc2s1. The molecule has 0 saturated heterocycles. The Hall–Kier alpha value is -2.66. The summed E-state index contributed by atoms with van der Waals surface area (Å²) in [5, 5.41) is 21.0. The fourth-order valence-corrected chi connectivity index (χ4v) is 6.22. The van der Waals surface area contributed by atoms with Gasteiger partial charge in [-0.3, -0.25) is 0 Å². The number of fused-ring (bicyclic) bond motifs is 2. The molecule has 2 heterocycles. The molecule has 0 unspecified atom stereocenters. The average molecular weight is 423 g/mol. The zero-order chi connectivity index (χ0) is 17.7. The average Bonchev–Trinajstić information content (AvgIpc) is 3.23. The van der Waals surface area contributed by atoms with Crippen molar-refractivity contribution < 1.29 is 10.2 Å². The van der Waals surface area contributed by atoms with Crippen LogP contribution in [0, 0.1) is 0 Å². The van der Waals surface area contributed by atoms with Crippen LogP contribution in [0.4, 0.5) is 0 Å². The van der Waals surface area contributed by atoms with Gasteiger partial charge in [-0.25, -0.2) is 0 Å². The van der Waals surface area contributed by atoms with E-state index in [-0.39, 0.29) is 26.0 Å². The minimum absolute atomic E-state index is 0.0431. The van der Waals surface area contributed by atoms with Crippen molar-refractivity contribution in [1.82, 2.24) is 9.97 Å². The molecular formula is C20H12N2O2SSe. The van der Waals surface area contributed by atoms with Gasteiger partial charge in [-0.1, -0.05) is 0 Å². The molecule has 4 nitrogen and oxygen atoms in total. The van der Waals surface area contributed by atoms with Crippen LogP contribution in [-0.2, 0) is 0 Å². The second-order valence-corrected chi connectivity index (χ2v) is 9.05. The first-order chi connectivity index (χ1) is 12.7. The third kappa shape index (κ3) is 2.51. The van der Waals surface area contributed by atoms with Crippen molar-refractivity contribution in [2.24, 2.45) is 0 Å². The summed E-state index contributed by atoms with van der Waals surface area (Å²) < 4.78 is 3.21. The van der Waals surface area contributed by atoms with Gasteiger partial charge in [-0.2, -0.15) is 0 Å². The van der Waals surface area contributed by atoms with Gasteiger partial charge in [-0.05, 0) is 0 Å². The molecule has 2 aromatic heterocycles. The molecule has 0 saturated carbocycles. The molecule has 2 N–H and O–H groups in total. The molecule has 0 fully saturated rings. The summed E-state index contributed by atoms with van der Waals surface area (Å²) in [6.07, 6.45) is 0. The molecule has 0 amide bonds. The molecule has 0 aliphatic carbocycles. The van der Waals surface area contributed by atoms with E-state index in [0.717, 1.165) is 36.4 Å². The number of hydrogen-bond donors (Lipinski definition) is 2. The molecule has 0 aliphatic heterocycles. The normalized spacial score (nSPS) is 11.4. The molecule has 126 valence electrons. The summed E-state index contributed by atoms with van der Waals surface area (Å²) in [4.78, 5) is 9.42. The van der Waals surface area contributed by atoms with E-state index >= 15 is 0 Å². The molecule has 0 bridgehead atoms. The predicted octanol–water partition coefficient (Wildman–Crippen LogP) is 4.65. The second-order valence-electron chi connectivity index (χ2n) is 5.86. The van der Waals surface area contributed by atoms with Crippen molar-refractivity contribution >= 4 is 45.8 Å². The summed E-state index contributed by atoms with van der Waals surface area (Å²) in [7, 11) is 0. The van der Waals surface area contributed by atoms with E-state index in [1.54, 1.807) is 29.5 Å². The summed E-state index contributed by atoms with van der Waals surface area (Å²) in [5.41, 5.74) is 3.35. The number of para-hydroxylation sites is 2. The first-order valence-electron chi connectivity index (χ1n) is 7.97. The van der Waals surface area contributed by atoms with E-state index < -0.39 is 0 Å². The fraction of sp³-hybridized carbons (Fsp3) is 0. The zero-order valence-electron chi connectivity index (χ0n) is 13.4. The Kier molecular flexibility index (Phi) is 3.57. The van der Waals surface area contributed by atoms with Gasteiger partial charge in [0, 0.05) is 0 Å². The van der Waals surface area contributed by atoms with E-state index in [1.165, 1.54) is 4.26 Å². The van der Waals surface area contributed by atoms with Crippen LogP contribution in [0.1, 0.15) is 0 Å². The van der Waals surface area contributed by atoms with Crippen molar-refractivity contribution in [3.8, 4) is 32.2 Å². The first kappa shape index (κ1) is 15.6. The number of aromatic hydroxyl groups is 2. The topological polar surface area (TPSA) is 66.2 Å². The van der Waals surface area contributed by atoms with Crippen molar-refractivity contribution in [3.05, 3.63) is 60.7 Å². The monoisotopic (exact) mass is 424 g/mol. The number of thiazole rings is 1. The third-order valence-electron chi connectivity index (χ3n) is 4.17. The van der Waals surface area contributed by atoms with Crippen LogP contribution in [0.2, 0.25) is 0 Å². The van der Waals surface area contributed by atoms with Crippen LogP contribution in [0.15, 0.2) is 60.7 Å². The Balaban J connectivity index is 1.66. The Morgan fingerprint density at radius 3 is 2.19 bits per heavy atom. The third-order valence-corrected chi connectivity index (χ3v) is 7.42. The first-order valence-corrected chi connectivity index (χ1v) is 10.5. The molecule has 0 spiro atoms. The van der Waals surface area contributed by atoms with Gasteiger partial charge < -0.3 is 0 Å². The van der Waals surface area contributed by atoms with Crippen LogP contribution in [0.5, 0.6) is 11.5 Å². The quantitative estimate of drug-likeness (QED) is 0.406. The van der Waals surface area contributed by atoms with Gasteiger partial charge in [0.25, 0.3) is 0 Å². The zero-order valence-corrected chi connectivity index (χ0v) is 15.9. The maximum atomic E-state index is 10.1. The number of benzene rings is 3.